The van der Waals surface area contributed by atoms with E-state index in [9.17, 15) is 5.11 Å². The molecule has 0 saturated heterocycles. The summed E-state index contributed by atoms with van der Waals surface area (Å²) in [5, 5.41) is 9.81. The van der Waals surface area contributed by atoms with Crippen LogP contribution >= 0.6 is 0 Å². The lowest BCUT2D eigenvalue weighted by molar-refractivity contribution is 0.0632. The van der Waals surface area contributed by atoms with Gasteiger partial charge in [0.05, 0.1) is 13.4 Å². The van der Waals surface area contributed by atoms with E-state index >= 15 is 0 Å². The average molecular weight is 300 g/mol. The standard InChI is InChI=1S/C19H24O3/c1-21-19-3-2-12(9-18(19)20)10-22-11-17-15-5-13-4-14(7-15)8-16(17)6-13/h2-3,9,11,13-16,20H,4-8,10H2,1H3. The highest BCUT2D eigenvalue weighted by Crippen LogP contribution is 2.56. The van der Waals surface area contributed by atoms with E-state index in [1.165, 1.54) is 32.1 Å². The highest BCUT2D eigenvalue weighted by atomic mass is 16.5. The van der Waals surface area contributed by atoms with Crippen LogP contribution in [0.25, 0.3) is 0 Å². The van der Waals surface area contributed by atoms with Gasteiger partial charge in [0.15, 0.2) is 11.5 Å². The first-order valence-corrected chi connectivity index (χ1v) is 8.40. The van der Waals surface area contributed by atoms with Crippen LogP contribution in [0, 0.1) is 23.7 Å². The smallest absolute Gasteiger partial charge is 0.160 e. The largest absolute Gasteiger partial charge is 0.504 e. The van der Waals surface area contributed by atoms with Crippen LogP contribution in [-0.2, 0) is 11.3 Å². The third-order valence-corrected chi connectivity index (χ3v) is 5.79. The Morgan fingerprint density at radius 3 is 2.36 bits per heavy atom. The lowest BCUT2D eigenvalue weighted by Crippen LogP contribution is -2.40. The van der Waals surface area contributed by atoms with Crippen LogP contribution in [0.2, 0.25) is 0 Å². The van der Waals surface area contributed by atoms with Gasteiger partial charge in [-0.2, -0.15) is 0 Å². The summed E-state index contributed by atoms with van der Waals surface area (Å²) >= 11 is 0. The van der Waals surface area contributed by atoms with E-state index < -0.39 is 0 Å². The summed E-state index contributed by atoms with van der Waals surface area (Å²) in [4.78, 5) is 0. The first kappa shape index (κ1) is 14.0. The molecule has 118 valence electrons. The Bertz CT molecular complexity index is 560. The molecule has 1 N–H and O–H groups in total. The molecule has 0 aromatic heterocycles. The van der Waals surface area contributed by atoms with E-state index in [-0.39, 0.29) is 5.75 Å². The van der Waals surface area contributed by atoms with Crippen molar-refractivity contribution in [3.63, 3.8) is 0 Å². The lowest BCUT2D eigenvalue weighted by atomic mass is 9.54. The summed E-state index contributed by atoms with van der Waals surface area (Å²) < 4.78 is 10.9. The maximum Gasteiger partial charge on any atom is 0.160 e. The van der Waals surface area contributed by atoms with Crippen LogP contribution in [0.4, 0.5) is 0 Å². The van der Waals surface area contributed by atoms with E-state index in [0.717, 1.165) is 29.2 Å². The molecule has 4 saturated carbocycles. The van der Waals surface area contributed by atoms with Crippen LogP contribution < -0.4 is 4.74 Å². The number of allylic oxidation sites excluding steroid dienone is 1. The van der Waals surface area contributed by atoms with Gasteiger partial charge in [0, 0.05) is 0 Å². The van der Waals surface area contributed by atoms with E-state index in [4.69, 9.17) is 9.47 Å². The fourth-order valence-electron chi connectivity index (χ4n) is 4.98. The lowest BCUT2D eigenvalue weighted by Gasteiger charge is -2.51. The van der Waals surface area contributed by atoms with Crippen LogP contribution in [0.3, 0.4) is 0 Å². The highest BCUT2D eigenvalue weighted by molar-refractivity contribution is 5.41. The molecule has 0 spiro atoms. The van der Waals surface area contributed by atoms with Gasteiger partial charge in [-0.3, -0.25) is 0 Å². The summed E-state index contributed by atoms with van der Waals surface area (Å²) in [6.45, 7) is 0.507. The number of phenols is 1. The zero-order chi connectivity index (χ0) is 15.1. The van der Waals surface area contributed by atoms with Crippen LogP contribution in [-0.4, -0.2) is 12.2 Å². The second-order valence-corrected chi connectivity index (χ2v) is 7.24. The molecule has 4 aliphatic rings. The maximum absolute atomic E-state index is 9.81. The van der Waals surface area contributed by atoms with E-state index in [2.05, 4.69) is 0 Å². The maximum atomic E-state index is 9.81. The zero-order valence-electron chi connectivity index (χ0n) is 13.1. The van der Waals surface area contributed by atoms with Gasteiger partial charge in [0.1, 0.15) is 6.61 Å². The summed E-state index contributed by atoms with van der Waals surface area (Å²) in [6, 6.07) is 5.44. The SMILES string of the molecule is COc1ccc(COC=C2C3CC4CC(C3)CC2C4)cc1O. The molecule has 0 amide bonds. The molecule has 0 aliphatic heterocycles. The molecule has 22 heavy (non-hydrogen) atoms. The molecular weight excluding hydrogens is 276 g/mol. The first-order chi connectivity index (χ1) is 10.7. The second-order valence-electron chi connectivity index (χ2n) is 7.24. The summed E-state index contributed by atoms with van der Waals surface area (Å²) in [6.07, 6.45) is 9.04. The Hall–Kier alpha value is -1.64. The molecule has 0 radical (unpaired) electrons. The van der Waals surface area contributed by atoms with E-state index in [0.29, 0.717) is 12.4 Å². The topological polar surface area (TPSA) is 38.7 Å². The van der Waals surface area contributed by atoms with Crippen molar-refractivity contribution >= 4 is 0 Å². The fourth-order valence-corrected chi connectivity index (χ4v) is 4.98. The van der Waals surface area contributed by atoms with Gasteiger partial charge in [0.2, 0.25) is 0 Å². The predicted molar refractivity (Wildman–Crippen MR) is 84.6 cm³/mol. The van der Waals surface area contributed by atoms with Gasteiger partial charge in [-0.05, 0) is 79.0 Å². The fraction of sp³-hybridized carbons (Fsp3) is 0.579. The van der Waals surface area contributed by atoms with Gasteiger partial charge in [-0.1, -0.05) is 6.07 Å². The number of phenolic OH excluding ortho intramolecular Hbond substituents is 1. The summed E-state index contributed by atoms with van der Waals surface area (Å²) in [5.41, 5.74) is 2.53. The van der Waals surface area contributed by atoms with E-state index in [1.54, 1.807) is 24.8 Å². The number of aromatic hydroxyl groups is 1. The Morgan fingerprint density at radius 1 is 1.09 bits per heavy atom. The van der Waals surface area contributed by atoms with Crippen molar-refractivity contribution in [3.05, 3.63) is 35.6 Å². The third-order valence-electron chi connectivity index (χ3n) is 5.79. The first-order valence-electron chi connectivity index (χ1n) is 8.40. The molecule has 0 unspecified atom stereocenters. The highest BCUT2D eigenvalue weighted by Gasteiger charge is 2.45. The van der Waals surface area contributed by atoms with Gasteiger partial charge in [-0.25, -0.2) is 0 Å². The van der Waals surface area contributed by atoms with Gasteiger partial charge in [0.25, 0.3) is 0 Å². The van der Waals surface area contributed by atoms with Crippen molar-refractivity contribution in [2.45, 2.75) is 38.7 Å². The molecule has 3 nitrogen and oxygen atoms in total. The predicted octanol–water partition coefficient (Wildman–Crippen LogP) is 4.26. The van der Waals surface area contributed by atoms with Crippen LogP contribution in [0.1, 0.15) is 37.7 Å². The van der Waals surface area contributed by atoms with Crippen molar-refractivity contribution < 1.29 is 14.6 Å². The minimum atomic E-state index is 0.172. The summed E-state index contributed by atoms with van der Waals surface area (Å²) in [5.74, 6) is 4.20. The third kappa shape index (κ3) is 2.47. The zero-order valence-corrected chi connectivity index (χ0v) is 13.1. The van der Waals surface area contributed by atoms with Gasteiger partial charge in [-0.15, -0.1) is 0 Å². The van der Waals surface area contributed by atoms with Gasteiger partial charge >= 0.3 is 0 Å². The molecule has 0 heterocycles. The average Bonchev–Trinajstić information content (AvgIpc) is 2.49. The Balaban J connectivity index is 1.41. The van der Waals surface area contributed by atoms with Crippen molar-refractivity contribution in [1.29, 1.82) is 0 Å². The number of hydrogen-bond acceptors (Lipinski definition) is 3. The number of methoxy groups -OCH3 is 1. The number of ether oxygens (including phenoxy) is 2. The number of hydrogen-bond donors (Lipinski definition) is 1. The number of rotatable bonds is 4. The van der Waals surface area contributed by atoms with Crippen LogP contribution in [0.15, 0.2) is 30.0 Å². The Morgan fingerprint density at radius 2 is 1.77 bits per heavy atom. The van der Waals surface area contributed by atoms with Crippen molar-refractivity contribution in [1.82, 2.24) is 0 Å². The van der Waals surface area contributed by atoms with Crippen molar-refractivity contribution in [3.8, 4) is 11.5 Å². The monoisotopic (exact) mass is 300 g/mol. The molecular formula is C19H24O3. The minimum Gasteiger partial charge on any atom is -0.504 e. The van der Waals surface area contributed by atoms with Gasteiger partial charge < -0.3 is 14.6 Å². The molecule has 1 aromatic carbocycles. The molecule has 5 rings (SSSR count). The van der Waals surface area contributed by atoms with Crippen molar-refractivity contribution in [2.24, 2.45) is 23.7 Å². The van der Waals surface area contributed by atoms with Crippen molar-refractivity contribution in [2.75, 3.05) is 7.11 Å². The van der Waals surface area contributed by atoms with E-state index in [1.807, 2.05) is 12.3 Å². The minimum absolute atomic E-state index is 0.172. The normalized spacial score (nSPS) is 32.1. The molecule has 1 aromatic rings. The molecule has 0 atom stereocenters. The quantitative estimate of drug-likeness (QED) is 0.845. The summed E-state index contributed by atoms with van der Waals surface area (Å²) in [7, 11) is 1.56. The molecule has 4 aliphatic carbocycles. The molecule has 4 bridgehead atoms. The number of benzene rings is 1. The molecule has 3 heteroatoms. The second kappa shape index (κ2) is 5.53. The van der Waals surface area contributed by atoms with Crippen LogP contribution in [0.5, 0.6) is 11.5 Å². The molecule has 4 fully saturated rings. The Kier molecular flexibility index (Phi) is 3.51. The Labute approximate surface area is 131 Å².